The van der Waals surface area contributed by atoms with Gasteiger partial charge in [0.2, 0.25) is 0 Å². The minimum atomic E-state index is -0.837. The molecule has 3 heterocycles. The van der Waals surface area contributed by atoms with Gasteiger partial charge in [0, 0.05) is 13.1 Å². The zero-order valence-electron chi connectivity index (χ0n) is 12.2. The van der Waals surface area contributed by atoms with Gasteiger partial charge in [0.25, 0.3) is 0 Å². The van der Waals surface area contributed by atoms with Crippen molar-refractivity contribution in [2.75, 3.05) is 24.6 Å². The first kappa shape index (κ1) is 14.2. The summed E-state index contributed by atoms with van der Waals surface area (Å²) < 4.78 is 1.80. The number of aliphatic hydroxyl groups excluding tert-OH is 2. The van der Waals surface area contributed by atoms with E-state index in [1.807, 2.05) is 6.92 Å². The van der Waals surface area contributed by atoms with E-state index in [2.05, 4.69) is 19.9 Å². The van der Waals surface area contributed by atoms with Gasteiger partial charge in [-0.15, -0.1) is 0 Å². The van der Waals surface area contributed by atoms with Gasteiger partial charge in [-0.1, -0.05) is 0 Å². The zero-order valence-corrected chi connectivity index (χ0v) is 12.2. The maximum absolute atomic E-state index is 9.82. The molecule has 0 spiro atoms. The van der Waals surface area contributed by atoms with Crippen molar-refractivity contribution >= 4 is 17.0 Å². The molecule has 21 heavy (non-hydrogen) atoms. The molecule has 0 unspecified atom stereocenters. The summed E-state index contributed by atoms with van der Waals surface area (Å²) in [5.41, 5.74) is 1.46. The first-order chi connectivity index (χ1) is 10.2. The molecule has 0 radical (unpaired) electrons. The molecule has 1 saturated heterocycles. The molecule has 114 valence electrons. The molecule has 2 aromatic rings. The maximum Gasteiger partial charge on any atom is 0.165 e. The number of hydrogen-bond donors (Lipinski definition) is 2. The van der Waals surface area contributed by atoms with Crippen molar-refractivity contribution in [3.63, 3.8) is 0 Å². The summed E-state index contributed by atoms with van der Waals surface area (Å²) in [6, 6.07) is -0.288. The van der Waals surface area contributed by atoms with Crippen molar-refractivity contribution in [3.05, 3.63) is 12.7 Å². The van der Waals surface area contributed by atoms with Crippen LogP contribution in [0.4, 0.5) is 5.82 Å². The summed E-state index contributed by atoms with van der Waals surface area (Å²) >= 11 is 0. The van der Waals surface area contributed by atoms with Gasteiger partial charge in [-0.25, -0.2) is 15.0 Å². The largest absolute Gasteiger partial charge is 0.394 e. The Labute approximate surface area is 123 Å². The van der Waals surface area contributed by atoms with E-state index in [0.29, 0.717) is 5.65 Å². The number of fused-ring (bicyclic) bond motifs is 1. The third-order valence-electron chi connectivity index (χ3n) is 4.18. The van der Waals surface area contributed by atoms with Crippen LogP contribution in [0.5, 0.6) is 0 Å². The highest BCUT2D eigenvalue weighted by molar-refractivity contribution is 5.83. The highest BCUT2D eigenvalue weighted by Crippen LogP contribution is 2.26. The number of piperidine rings is 1. The predicted octanol–water partition coefficient (Wildman–Crippen LogP) is 0.731. The van der Waals surface area contributed by atoms with Crippen LogP contribution in [-0.2, 0) is 0 Å². The third kappa shape index (κ3) is 2.58. The van der Waals surface area contributed by atoms with Crippen molar-refractivity contribution in [3.8, 4) is 0 Å². The van der Waals surface area contributed by atoms with Crippen LogP contribution < -0.4 is 4.90 Å². The Bertz CT molecular complexity index is 608. The topological polar surface area (TPSA) is 87.3 Å². The molecular weight excluding hydrogens is 270 g/mol. The molecule has 1 fully saturated rings. The zero-order chi connectivity index (χ0) is 14.8. The van der Waals surface area contributed by atoms with Crippen LogP contribution in [0.1, 0.15) is 32.2 Å². The quantitative estimate of drug-likeness (QED) is 0.863. The number of anilines is 1. The number of nitrogens with zero attached hydrogens (tertiary/aromatic N) is 5. The Morgan fingerprint density at radius 1 is 1.19 bits per heavy atom. The first-order valence-corrected chi connectivity index (χ1v) is 7.43. The number of imidazole rings is 1. The van der Waals surface area contributed by atoms with Crippen LogP contribution in [0, 0.1) is 0 Å². The summed E-state index contributed by atoms with van der Waals surface area (Å²) in [7, 11) is 0. The highest BCUT2D eigenvalue weighted by atomic mass is 16.3. The Morgan fingerprint density at radius 3 is 2.67 bits per heavy atom. The molecule has 0 aliphatic carbocycles. The average molecular weight is 291 g/mol. The van der Waals surface area contributed by atoms with Crippen molar-refractivity contribution in [1.82, 2.24) is 19.5 Å². The third-order valence-corrected chi connectivity index (χ3v) is 4.18. The molecule has 0 bridgehead atoms. The van der Waals surface area contributed by atoms with Crippen LogP contribution >= 0.6 is 0 Å². The molecule has 2 N–H and O–H groups in total. The van der Waals surface area contributed by atoms with E-state index in [9.17, 15) is 5.11 Å². The van der Waals surface area contributed by atoms with E-state index in [0.717, 1.165) is 24.4 Å². The van der Waals surface area contributed by atoms with Crippen LogP contribution in [0.3, 0.4) is 0 Å². The van der Waals surface area contributed by atoms with Gasteiger partial charge in [-0.2, -0.15) is 0 Å². The maximum atomic E-state index is 9.82. The second-order valence-electron chi connectivity index (χ2n) is 5.56. The van der Waals surface area contributed by atoms with Crippen molar-refractivity contribution in [1.29, 1.82) is 0 Å². The first-order valence-electron chi connectivity index (χ1n) is 7.43. The summed E-state index contributed by atoms with van der Waals surface area (Å²) in [6.07, 6.45) is 5.98. The van der Waals surface area contributed by atoms with Gasteiger partial charge >= 0.3 is 0 Å². The predicted molar refractivity (Wildman–Crippen MR) is 79.2 cm³/mol. The molecular formula is C14H21N5O2. The summed E-state index contributed by atoms with van der Waals surface area (Å²) in [5, 5.41) is 18.9. The van der Waals surface area contributed by atoms with E-state index >= 15 is 0 Å². The molecule has 0 saturated carbocycles. The number of hydrogen-bond acceptors (Lipinski definition) is 6. The normalized spacial score (nSPS) is 18.9. The molecule has 2 atom stereocenters. The van der Waals surface area contributed by atoms with E-state index < -0.39 is 6.10 Å². The number of rotatable bonds is 4. The van der Waals surface area contributed by atoms with Gasteiger partial charge < -0.3 is 19.7 Å². The smallest absolute Gasteiger partial charge is 0.165 e. The molecule has 7 heteroatoms. The van der Waals surface area contributed by atoms with Crippen molar-refractivity contribution in [2.45, 2.75) is 38.3 Å². The molecule has 0 aromatic carbocycles. The van der Waals surface area contributed by atoms with E-state index in [1.165, 1.54) is 19.3 Å². The summed E-state index contributed by atoms with van der Waals surface area (Å²) in [5.74, 6) is 0.865. The molecule has 0 amide bonds. The minimum absolute atomic E-state index is 0.287. The number of aromatic nitrogens is 4. The fraction of sp³-hybridized carbons (Fsp3) is 0.643. The lowest BCUT2D eigenvalue weighted by Crippen LogP contribution is -2.30. The molecule has 2 aromatic heterocycles. The van der Waals surface area contributed by atoms with Gasteiger partial charge in [-0.3, -0.25) is 0 Å². The Hall–Kier alpha value is -1.73. The van der Waals surface area contributed by atoms with Gasteiger partial charge in [-0.05, 0) is 26.2 Å². The molecule has 1 aliphatic heterocycles. The van der Waals surface area contributed by atoms with Gasteiger partial charge in [0.15, 0.2) is 17.0 Å². The van der Waals surface area contributed by atoms with E-state index in [4.69, 9.17) is 5.11 Å². The SMILES string of the molecule is C[C@@H]([C@H](O)CO)n1cnc2c(N3CCCCC3)ncnc21. The van der Waals surface area contributed by atoms with Crippen LogP contribution in [0.2, 0.25) is 0 Å². The minimum Gasteiger partial charge on any atom is -0.394 e. The number of aliphatic hydroxyl groups is 2. The standard InChI is InChI=1S/C14H21N5O2/c1-10(11(21)7-20)19-9-17-12-13(15-8-16-14(12)19)18-5-3-2-4-6-18/h8-11,20-21H,2-7H2,1H3/t10-,11+/m0/s1. The van der Waals surface area contributed by atoms with Crippen LogP contribution in [0.25, 0.3) is 11.2 Å². The van der Waals surface area contributed by atoms with Gasteiger partial charge in [0.05, 0.1) is 25.1 Å². The lowest BCUT2D eigenvalue weighted by atomic mass is 10.1. The highest BCUT2D eigenvalue weighted by Gasteiger charge is 2.22. The Kier molecular flexibility index (Phi) is 4.03. The van der Waals surface area contributed by atoms with Crippen LogP contribution in [0.15, 0.2) is 12.7 Å². The van der Waals surface area contributed by atoms with Crippen molar-refractivity contribution in [2.24, 2.45) is 0 Å². The molecule has 7 nitrogen and oxygen atoms in total. The Balaban J connectivity index is 1.99. The van der Waals surface area contributed by atoms with Crippen molar-refractivity contribution < 1.29 is 10.2 Å². The second-order valence-corrected chi connectivity index (χ2v) is 5.56. The van der Waals surface area contributed by atoms with E-state index in [1.54, 1.807) is 17.2 Å². The lowest BCUT2D eigenvalue weighted by molar-refractivity contribution is 0.0585. The average Bonchev–Trinajstić information content (AvgIpc) is 2.98. The fourth-order valence-electron chi connectivity index (χ4n) is 2.81. The Morgan fingerprint density at radius 2 is 1.95 bits per heavy atom. The lowest BCUT2D eigenvalue weighted by Gasteiger charge is -2.27. The molecule has 3 rings (SSSR count). The monoisotopic (exact) mass is 291 g/mol. The fourth-order valence-corrected chi connectivity index (χ4v) is 2.81. The summed E-state index contributed by atoms with van der Waals surface area (Å²) in [4.78, 5) is 15.4. The molecule has 1 aliphatic rings. The van der Waals surface area contributed by atoms with Crippen LogP contribution in [-0.4, -0.2) is 55.5 Å². The summed E-state index contributed by atoms with van der Waals surface area (Å²) in [6.45, 7) is 3.54. The van der Waals surface area contributed by atoms with Gasteiger partial charge in [0.1, 0.15) is 6.33 Å². The van der Waals surface area contributed by atoms with E-state index in [-0.39, 0.29) is 12.6 Å². The second kappa shape index (κ2) is 5.95.